The summed E-state index contributed by atoms with van der Waals surface area (Å²) < 4.78 is 0. The molecule has 1 aliphatic carbocycles. The SMILES string of the molecule is C[C@]1(c2ccccc2)NC(=O)N(/N=C\[C@@H]2CC=CCC2)C1=O. The Morgan fingerprint density at radius 3 is 2.73 bits per heavy atom. The van der Waals surface area contributed by atoms with E-state index in [2.05, 4.69) is 22.6 Å². The molecule has 1 aliphatic heterocycles. The van der Waals surface area contributed by atoms with E-state index in [-0.39, 0.29) is 11.8 Å². The normalized spacial score (nSPS) is 28.4. The Labute approximate surface area is 129 Å². The van der Waals surface area contributed by atoms with Crippen LogP contribution in [0.3, 0.4) is 0 Å². The molecule has 1 aromatic rings. The van der Waals surface area contributed by atoms with Gasteiger partial charge in [0.05, 0.1) is 0 Å². The first kappa shape index (κ1) is 14.5. The summed E-state index contributed by atoms with van der Waals surface area (Å²) in [5.41, 5.74) is -0.297. The Kier molecular flexibility index (Phi) is 3.79. The molecular weight excluding hydrogens is 278 g/mol. The van der Waals surface area contributed by atoms with Crippen LogP contribution in [0.4, 0.5) is 4.79 Å². The van der Waals surface area contributed by atoms with Crippen molar-refractivity contribution in [2.45, 2.75) is 31.7 Å². The van der Waals surface area contributed by atoms with E-state index in [1.807, 2.05) is 30.3 Å². The Morgan fingerprint density at radius 2 is 2.05 bits per heavy atom. The average Bonchev–Trinajstić information content (AvgIpc) is 2.78. The van der Waals surface area contributed by atoms with Gasteiger partial charge in [0.15, 0.2) is 0 Å². The fourth-order valence-corrected chi connectivity index (χ4v) is 2.81. The van der Waals surface area contributed by atoms with Crippen LogP contribution in [0.1, 0.15) is 31.7 Å². The summed E-state index contributed by atoms with van der Waals surface area (Å²) in [7, 11) is 0. The third kappa shape index (κ3) is 2.54. The van der Waals surface area contributed by atoms with Crippen molar-refractivity contribution in [2.75, 3.05) is 0 Å². The lowest BCUT2D eigenvalue weighted by Gasteiger charge is -2.21. The van der Waals surface area contributed by atoms with Crippen LogP contribution in [0.15, 0.2) is 47.6 Å². The van der Waals surface area contributed by atoms with E-state index in [0.717, 1.165) is 29.8 Å². The predicted octanol–water partition coefficient (Wildman–Crippen LogP) is 2.80. The number of nitrogens with one attached hydrogen (secondary N) is 1. The van der Waals surface area contributed by atoms with E-state index in [0.29, 0.717) is 0 Å². The van der Waals surface area contributed by atoms with Gasteiger partial charge in [0.2, 0.25) is 0 Å². The lowest BCUT2D eigenvalue weighted by molar-refractivity contribution is -0.131. The number of allylic oxidation sites excluding steroid dienone is 2. The highest BCUT2D eigenvalue weighted by Crippen LogP contribution is 2.29. The molecule has 0 spiro atoms. The summed E-state index contributed by atoms with van der Waals surface area (Å²) in [6.07, 6.45) is 8.89. The standard InChI is InChI=1S/C17H19N3O2/c1-17(14-10-6-3-7-11-14)15(21)20(16(22)19-17)18-12-13-8-4-2-5-9-13/h2-4,6-7,10-13H,5,8-9H2,1H3,(H,19,22)/b18-12-/t13-,17-/m1/s1. The second-order valence-corrected chi connectivity index (χ2v) is 5.85. The van der Waals surface area contributed by atoms with Gasteiger partial charge in [0.25, 0.3) is 5.91 Å². The van der Waals surface area contributed by atoms with Crippen molar-refractivity contribution in [2.24, 2.45) is 11.0 Å². The van der Waals surface area contributed by atoms with Gasteiger partial charge in [-0.1, -0.05) is 42.5 Å². The molecule has 0 saturated carbocycles. The number of carbonyl (C=O) groups excluding carboxylic acids is 2. The number of hydrazone groups is 1. The molecule has 2 aliphatic rings. The highest BCUT2D eigenvalue weighted by atomic mass is 16.2. The van der Waals surface area contributed by atoms with Crippen molar-refractivity contribution in [1.29, 1.82) is 0 Å². The molecule has 3 rings (SSSR count). The maximum absolute atomic E-state index is 12.6. The first-order valence-corrected chi connectivity index (χ1v) is 7.52. The highest BCUT2D eigenvalue weighted by molar-refractivity contribution is 6.07. The third-order valence-corrected chi connectivity index (χ3v) is 4.22. The lowest BCUT2D eigenvalue weighted by Crippen LogP contribution is -2.40. The fourth-order valence-electron chi connectivity index (χ4n) is 2.81. The number of imide groups is 1. The van der Waals surface area contributed by atoms with Crippen LogP contribution in [-0.2, 0) is 10.3 Å². The molecule has 1 heterocycles. The molecule has 1 saturated heterocycles. The summed E-state index contributed by atoms with van der Waals surface area (Å²) in [5, 5.41) is 7.84. The number of rotatable bonds is 3. The first-order chi connectivity index (χ1) is 10.6. The number of carbonyl (C=O) groups is 2. The Morgan fingerprint density at radius 1 is 1.27 bits per heavy atom. The zero-order chi connectivity index (χ0) is 15.6. The van der Waals surface area contributed by atoms with Crippen LogP contribution < -0.4 is 5.32 Å². The van der Waals surface area contributed by atoms with E-state index >= 15 is 0 Å². The van der Waals surface area contributed by atoms with Gasteiger partial charge in [0, 0.05) is 6.21 Å². The molecule has 3 amide bonds. The Hall–Kier alpha value is -2.43. The molecule has 0 aromatic heterocycles. The molecule has 22 heavy (non-hydrogen) atoms. The number of benzene rings is 1. The minimum absolute atomic E-state index is 0.286. The first-order valence-electron chi connectivity index (χ1n) is 7.52. The number of hydrogen-bond acceptors (Lipinski definition) is 3. The average molecular weight is 297 g/mol. The minimum atomic E-state index is -1.05. The molecule has 114 valence electrons. The number of hydrogen-bond donors (Lipinski definition) is 1. The largest absolute Gasteiger partial charge is 0.346 e. The molecule has 1 fully saturated rings. The lowest BCUT2D eigenvalue weighted by atomic mass is 9.92. The predicted molar refractivity (Wildman–Crippen MR) is 84.1 cm³/mol. The van der Waals surface area contributed by atoms with Crippen molar-refractivity contribution in [3.63, 3.8) is 0 Å². The van der Waals surface area contributed by atoms with Crippen molar-refractivity contribution in [3.05, 3.63) is 48.0 Å². The van der Waals surface area contributed by atoms with Gasteiger partial charge >= 0.3 is 6.03 Å². The number of urea groups is 1. The van der Waals surface area contributed by atoms with Crippen molar-refractivity contribution < 1.29 is 9.59 Å². The van der Waals surface area contributed by atoms with E-state index in [1.54, 1.807) is 13.1 Å². The van der Waals surface area contributed by atoms with Crippen molar-refractivity contribution in [1.82, 2.24) is 10.3 Å². The monoisotopic (exact) mass is 297 g/mol. The summed E-state index contributed by atoms with van der Waals surface area (Å²) in [6, 6.07) is 8.76. The molecule has 1 aromatic carbocycles. The van der Waals surface area contributed by atoms with Crippen LogP contribution >= 0.6 is 0 Å². The summed E-state index contributed by atoms with van der Waals surface area (Å²) in [6.45, 7) is 1.71. The zero-order valence-electron chi connectivity index (χ0n) is 12.5. The van der Waals surface area contributed by atoms with Crippen molar-refractivity contribution in [3.8, 4) is 0 Å². The summed E-state index contributed by atoms with van der Waals surface area (Å²) in [4.78, 5) is 24.7. The van der Waals surface area contributed by atoms with Gasteiger partial charge < -0.3 is 5.32 Å². The van der Waals surface area contributed by atoms with Gasteiger partial charge in [-0.05, 0) is 37.7 Å². The zero-order valence-corrected chi connectivity index (χ0v) is 12.5. The van der Waals surface area contributed by atoms with Crippen molar-refractivity contribution >= 4 is 18.2 Å². The van der Waals surface area contributed by atoms with Gasteiger partial charge in [0.1, 0.15) is 5.54 Å². The quantitative estimate of drug-likeness (QED) is 0.530. The van der Waals surface area contributed by atoms with Crippen LogP contribution in [0, 0.1) is 5.92 Å². The van der Waals surface area contributed by atoms with Crippen LogP contribution in [-0.4, -0.2) is 23.2 Å². The molecule has 2 atom stereocenters. The number of nitrogens with zero attached hydrogens (tertiary/aromatic N) is 2. The maximum atomic E-state index is 12.6. The fraction of sp³-hybridized carbons (Fsp3) is 0.353. The topological polar surface area (TPSA) is 61.8 Å². The molecule has 0 radical (unpaired) electrons. The third-order valence-electron chi connectivity index (χ3n) is 4.22. The van der Waals surface area contributed by atoms with E-state index in [9.17, 15) is 9.59 Å². The minimum Gasteiger partial charge on any atom is -0.318 e. The smallest absolute Gasteiger partial charge is 0.318 e. The van der Waals surface area contributed by atoms with Crippen LogP contribution in [0.5, 0.6) is 0 Å². The van der Waals surface area contributed by atoms with E-state index < -0.39 is 11.6 Å². The summed E-state index contributed by atoms with van der Waals surface area (Å²) >= 11 is 0. The molecule has 0 bridgehead atoms. The van der Waals surface area contributed by atoms with Crippen LogP contribution in [0.25, 0.3) is 0 Å². The van der Waals surface area contributed by atoms with Gasteiger partial charge in [-0.25, -0.2) is 4.79 Å². The molecule has 5 heteroatoms. The van der Waals surface area contributed by atoms with Gasteiger partial charge in [-0.2, -0.15) is 5.10 Å². The maximum Gasteiger partial charge on any atom is 0.346 e. The molecule has 1 N–H and O–H groups in total. The second kappa shape index (κ2) is 5.75. The molecular formula is C17H19N3O2. The summed E-state index contributed by atoms with van der Waals surface area (Å²) in [5.74, 6) is -0.0551. The van der Waals surface area contributed by atoms with E-state index in [1.165, 1.54) is 0 Å². The number of amides is 3. The van der Waals surface area contributed by atoms with E-state index in [4.69, 9.17) is 0 Å². The molecule has 0 unspecified atom stereocenters. The Balaban J connectivity index is 1.80. The van der Waals surface area contributed by atoms with Crippen LogP contribution in [0.2, 0.25) is 0 Å². The van der Waals surface area contributed by atoms with Gasteiger partial charge in [-0.3, -0.25) is 4.79 Å². The Bertz CT molecular complexity index is 639. The highest BCUT2D eigenvalue weighted by Gasteiger charge is 2.49. The second-order valence-electron chi connectivity index (χ2n) is 5.85. The van der Waals surface area contributed by atoms with Gasteiger partial charge in [-0.15, -0.1) is 5.01 Å². The molecule has 5 nitrogen and oxygen atoms in total.